The summed E-state index contributed by atoms with van der Waals surface area (Å²) in [6.07, 6.45) is -1.54. The number of ether oxygens (including phenoxy) is 2. The third kappa shape index (κ3) is 7.53. The summed E-state index contributed by atoms with van der Waals surface area (Å²) in [5.74, 6) is 0. The van der Waals surface area contributed by atoms with Gasteiger partial charge in [-0.05, 0) is 11.6 Å². The Bertz CT molecular complexity index is 997. The van der Waals surface area contributed by atoms with Gasteiger partial charge < -0.3 is 33.0 Å². The van der Waals surface area contributed by atoms with Crippen molar-refractivity contribution in [2.24, 2.45) is 0 Å². The zero-order chi connectivity index (χ0) is 24.1. The molecule has 12 heteroatoms. The minimum atomic E-state index is -4.61. The third-order valence-electron chi connectivity index (χ3n) is 5.02. The Hall–Kier alpha value is -1.95. The Balaban J connectivity index is 1.68. The lowest BCUT2D eigenvalue weighted by Gasteiger charge is -2.28. The molecule has 1 aromatic carbocycles. The minimum absolute atomic E-state index is 0.0468. The Morgan fingerprint density at radius 2 is 1.94 bits per heavy atom. The minimum Gasteiger partial charge on any atom is -0.756 e. The van der Waals surface area contributed by atoms with E-state index < -0.39 is 44.7 Å². The molecule has 0 amide bonds. The van der Waals surface area contributed by atoms with Crippen molar-refractivity contribution in [2.45, 2.75) is 31.1 Å². The molecule has 2 aromatic rings. The maximum atomic E-state index is 12.2. The van der Waals surface area contributed by atoms with Crippen LogP contribution in [-0.4, -0.2) is 78.4 Å². The molecule has 0 aliphatic carbocycles. The second kappa shape index (κ2) is 11.0. The first-order valence-corrected chi connectivity index (χ1v) is 11.9. The molecule has 1 fully saturated rings. The fraction of sp³-hybridized carbons (Fsp3) is 0.524. The number of aromatic nitrogens is 2. The Morgan fingerprint density at radius 1 is 1.21 bits per heavy atom. The van der Waals surface area contributed by atoms with E-state index in [1.165, 1.54) is 17.0 Å². The van der Waals surface area contributed by atoms with Gasteiger partial charge in [-0.2, -0.15) is 0 Å². The first-order valence-electron chi connectivity index (χ1n) is 10.5. The van der Waals surface area contributed by atoms with Crippen LogP contribution in [0.1, 0.15) is 11.8 Å². The molecule has 1 aromatic heterocycles. The number of quaternary nitrogens is 1. The molecule has 33 heavy (non-hydrogen) atoms. The van der Waals surface area contributed by atoms with Crippen molar-refractivity contribution in [3.8, 4) is 0 Å². The second-order valence-corrected chi connectivity index (χ2v) is 10.1. The van der Waals surface area contributed by atoms with E-state index >= 15 is 0 Å². The molecule has 11 nitrogen and oxygen atoms in total. The molecule has 2 heterocycles. The summed E-state index contributed by atoms with van der Waals surface area (Å²) in [7, 11) is 1.09. The molecule has 0 radical (unpaired) electrons. The van der Waals surface area contributed by atoms with Crippen molar-refractivity contribution in [3.63, 3.8) is 0 Å². The normalized spacial score (nSPS) is 25.1. The van der Waals surface area contributed by atoms with E-state index in [9.17, 15) is 19.4 Å². The number of hydrogen-bond donors (Lipinski definition) is 1. The second-order valence-electron chi connectivity index (χ2n) is 8.72. The molecule has 2 unspecified atom stereocenters. The highest BCUT2D eigenvalue weighted by molar-refractivity contribution is 7.45. The van der Waals surface area contributed by atoms with Crippen molar-refractivity contribution < 1.29 is 37.6 Å². The highest BCUT2D eigenvalue weighted by atomic mass is 31.2. The molecule has 182 valence electrons. The van der Waals surface area contributed by atoms with Gasteiger partial charge in [0, 0.05) is 12.4 Å². The fourth-order valence-corrected chi connectivity index (χ4v) is 3.93. The molecular weight excluding hydrogens is 453 g/mol. The average molecular weight is 483 g/mol. The van der Waals surface area contributed by atoms with Crippen LogP contribution in [0, 0.1) is 0 Å². The number of aliphatic hydroxyl groups is 1. The molecule has 1 N–H and O–H groups in total. The molecule has 0 bridgehead atoms. The van der Waals surface area contributed by atoms with Crippen LogP contribution in [0.15, 0.2) is 53.6 Å². The average Bonchev–Trinajstić information content (AvgIpc) is 3.06. The summed E-state index contributed by atoms with van der Waals surface area (Å²) in [5.41, 5.74) is 0.263. The lowest BCUT2D eigenvalue weighted by atomic mass is 10.1. The molecule has 0 spiro atoms. The standard InChI is InChI=1S/C21H30N3O8P/c1-24(2,3)12-13-30-33(27,28)31-15-17-18(25)19(29-14-16-8-5-4-6-9-16)20(32-17)23-11-7-10-22-21(23)26/h4-11,17-20,25H,12-15H2,1-3H3/t17-,18-,19?,20-/m1/s1. The maximum absolute atomic E-state index is 12.2. The van der Waals surface area contributed by atoms with E-state index in [1.54, 1.807) is 6.07 Å². The quantitative estimate of drug-likeness (QED) is 0.354. The van der Waals surface area contributed by atoms with E-state index in [0.29, 0.717) is 11.0 Å². The van der Waals surface area contributed by atoms with Crippen molar-refractivity contribution in [3.05, 3.63) is 64.8 Å². The lowest BCUT2D eigenvalue weighted by molar-refractivity contribution is -0.870. The number of phosphoric ester groups is 1. The van der Waals surface area contributed by atoms with E-state index in [2.05, 4.69) is 4.98 Å². The van der Waals surface area contributed by atoms with Gasteiger partial charge in [-0.25, -0.2) is 9.78 Å². The SMILES string of the molecule is C[N+](C)(C)CCOP(=O)([O-])OC[C@H]1O[C@@H](n2cccnc2=O)C(OCc2ccccc2)[C@@H]1O. The number of hydrogen-bond acceptors (Lipinski definition) is 9. The van der Waals surface area contributed by atoms with Crippen molar-refractivity contribution >= 4 is 7.82 Å². The van der Waals surface area contributed by atoms with E-state index in [0.717, 1.165) is 5.56 Å². The predicted octanol–water partition coefficient (Wildman–Crippen LogP) is 0.295. The third-order valence-corrected chi connectivity index (χ3v) is 5.98. The van der Waals surface area contributed by atoms with E-state index in [-0.39, 0.29) is 13.2 Å². The molecule has 3 rings (SSSR count). The summed E-state index contributed by atoms with van der Waals surface area (Å²) in [6.45, 7) is 0.0661. The first kappa shape index (κ1) is 25.7. The summed E-state index contributed by atoms with van der Waals surface area (Å²) in [4.78, 5) is 28.1. The smallest absolute Gasteiger partial charge is 0.349 e. The molecule has 1 saturated heterocycles. The molecule has 1 aliphatic rings. The maximum Gasteiger partial charge on any atom is 0.349 e. The van der Waals surface area contributed by atoms with Crippen molar-refractivity contribution in [2.75, 3.05) is 40.9 Å². The highest BCUT2D eigenvalue weighted by Crippen LogP contribution is 2.40. The Morgan fingerprint density at radius 3 is 2.61 bits per heavy atom. The van der Waals surface area contributed by atoms with Crippen molar-refractivity contribution in [1.29, 1.82) is 0 Å². The molecular formula is C21H30N3O8P. The van der Waals surface area contributed by atoms with Gasteiger partial charge in [0.2, 0.25) is 0 Å². The van der Waals surface area contributed by atoms with Crippen LogP contribution in [0.3, 0.4) is 0 Å². The zero-order valence-electron chi connectivity index (χ0n) is 18.9. The van der Waals surface area contributed by atoms with Gasteiger partial charge in [-0.1, -0.05) is 30.3 Å². The van der Waals surface area contributed by atoms with Gasteiger partial charge in [0.15, 0.2) is 6.23 Å². The largest absolute Gasteiger partial charge is 0.756 e. The van der Waals surface area contributed by atoms with Gasteiger partial charge in [0.1, 0.15) is 31.5 Å². The van der Waals surface area contributed by atoms with Crippen LogP contribution in [0.2, 0.25) is 0 Å². The van der Waals surface area contributed by atoms with E-state index in [1.807, 2.05) is 51.5 Å². The summed E-state index contributed by atoms with van der Waals surface area (Å²) < 4.78 is 35.4. The molecule has 5 atom stereocenters. The summed E-state index contributed by atoms with van der Waals surface area (Å²) >= 11 is 0. The summed E-state index contributed by atoms with van der Waals surface area (Å²) in [6, 6.07) is 10.8. The Labute approximate surface area is 192 Å². The van der Waals surface area contributed by atoms with E-state index in [4.69, 9.17) is 18.5 Å². The van der Waals surface area contributed by atoms with Gasteiger partial charge in [0.25, 0.3) is 7.82 Å². The van der Waals surface area contributed by atoms with Crippen LogP contribution in [0.5, 0.6) is 0 Å². The van der Waals surface area contributed by atoms with Crippen LogP contribution in [0.4, 0.5) is 0 Å². The van der Waals surface area contributed by atoms with Crippen LogP contribution >= 0.6 is 7.82 Å². The predicted molar refractivity (Wildman–Crippen MR) is 116 cm³/mol. The Kier molecular flexibility index (Phi) is 8.54. The first-order chi connectivity index (χ1) is 15.6. The van der Waals surface area contributed by atoms with Crippen LogP contribution in [0.25, 0.3) is 0 Å². The molecule has 1 aliphatic heterocycles. The zero-order valence-corrected chi connectivity index (χ0v) is 19.7. The van der Waals surface area contributed by atoms with Gasteiger partial charge in [-0.15, -0.1) is 0 Å². The highest BCUT2D eigenvalue weighted by Gasteiger charge is 2.46. The lowest BCUT2D eigenvalue weighted by Crippen LogP contribution is -2.38. The van der Waals surface area contributed by atoms with Crippen molar-refractivity contribution in [1.82, 2.24) is 9.55 Å². The number of benzene rings is 1. The summed E-state index contributed by atoms with van der Waals surface area (Å²) in [5, 5.41) is 10.8. The van der Waals surface area contributed by atoms with Gasteiger partial charge in [0.05, 0.1) is 34.4 Å². The van der Waals surface area contributed by atoms with Gasteiger partial charge in [-0.3, -0.25) is 9.13 Å². The number of aliphatic hydroxyl groups excluding tert-OH is 1. The number of rotatable bonds is 11. The van der Waals surface area contributed by atoms with Crippen LogP contribution in [-0.2, 0) is 29.7 Å². The van der Waals surface area contributed by atoms with Crippen LogP contribution < -0.4 is 10.6 Å². The topological polar surface area (TPSA) is 132 Å². The number of phosphoric acid groups is 1. The molecule has 0 saturated carbocycles. The number of likely N-dealkylation sites (N-methyl/N-ethyl adjacent to an activating group) is 1. The monoisotopic (exact) mass is 483 g/mol. The van der Waals surface area contributed by atoms with Gasteiger partial charge >= 0.3 is 5.69 Å². The fourth-order valence-electron chi connectivity index (χ4n) is 3.22. The number of nitrogens with zero attached hydrogens (tertiary/aromatic N) is 3.